The van der Waals surface area contributed by atoms with E-state index < -0.39 is 0 Å². The molecule has 0 saturated carbocycles. The smallest absolute Gasteiger partial charge is 0.145 e. The van der Waals surface area contributed by atoms with E-state index in [1.54, 1.807) is 0 Å². The number of anilines is 3. The van der Waals surface area contributed by atoms with E-state index in [9.17, 15) is 0 Å². The van der Waals surface area contributed by atoms with Gasteiger partial charge in [0, 0.05) is 38.7 Å². The van der Waals surface area contributed by atoms with Crippen molar-refractivity contribution < 1.29 is 4.42 Å². The molecule has 2 aromatic heterocycles. The van der Waals surface area contributed by atoms with Gasteiger partial charge in [0.15, 0.2) is 0 Å². The zero-order valence-corrected chi connectivity index (χ0v) is 32.0. The van der Waals surface area contributed by atoms with E-state index in [0.29, 0.717) is 0 Å². The molecule has 274 valence electrons. The van der Waals surface area contributed by atoms with Gasteiger partial charge in [-0.2, -0.15) is 0 Å². The van der Waals surface area contributed by atoms with Gasteiger partial charge in [0.25, 0.3) is 0 Å². The maximum absolute atomic E-state index is 6.90. The standard InChI is InChI=1S/C55H38N2O/c1-37-15-14-20-43(35-37)57(51-33-29-41(38-16-4-2-5-17-38)36-48(51)39-18-6-3-7-19-39)52-34-32-44(55-54(52)47-23-10-13-26-53(47)58-55)40-27-30-42(31-28-40)56-49-24-11-8-21-45(49)46-22-9-12-25-50(46)56/h2-36H,1H3. The maximum atomic E-state index is 6.90. The molecule has 58 heavy (non-hydrogen) atoms. The van der Waals surface area contributed by atoms with Gasteiger partial charge < -0.3 is 13.9 Å². The molecule has 0 fully saturated rings. The molecule has 0 radical (unpaired) electrons. The Balaban J connectivity index is 1.12. The van der Waals surface area contributed by atoms with Gasteiger partial charge in [-0.1, -0.05) is 146 Å². The third kappa shape index (κ3) is 5.59. The van der Waals surface area contributed by atoms with Crippen molar-refractivity contribution >= 4 is 60.8 Å². The fourth-order valence-corrected chi connectivity index (χ4v) is 8.78. The average Bonchev–Trinajstić information content (AvgIpc) is 3.84. The van der Waals surface area contributed by atoms with Gasteiger partial charge >= 0.3 is 0 Å². The van der Waals surface area contributed by atoms with Gasteiger partial charge in [0.2, 0.25) is 0 Å². The summed E-state index contributed by atoms with van der Waals surface area (Å²) in [4.78, 5) is 2.42. The van der Waals surface area contributed by atoms with Crippen LogP contribution in [0.5, 0.6) is 0 Å². The Morgan fingerprint density at radius 2 is 1.00 bits per heavy atom. The zero-order valence-electron chi connectivity index (χ0n) is 32.0. The summed E-state index contributed by atoms with van der Waals surface area (Å²) in [5.41, 5.74) is 16.5. The van der Waals surface area contributed by atoms with Crippen LogP contribution in [0.2, 0.25) is 0 Å². The summed E-state index contributed by atoms with van der Waals surface area (Å²) in [6, 6.07) is 76.2. The van der Waals surface area contributed by atoms with E-state index in [4.69, 9.17) is 4.42 Å². The normalized spacial score (nSPS) is 11.5. The van der Waals surface area contributed by atoms with Crippen molar-refractivity contribution in [1.82, 2.24) is 4.57 Å². The first-order valence-electron chi connectivity index (χ1n) is 19.8. The molecule has 0 N–H and O–H groups in total. The monoisotopic (exact) mass is 742 g/mol. The summed E-state index contributed by atoms with van der Waals surface area (Å²) in [7, 11) is 0. The number of fused-ring (bicyclic) bond motifs is 6. The van der Waals surface area contributed by atoms with Crippen molar-refractivity contribution in [3.63, 3.8) is 0 Å². The van der Waals surface area contributed by atoms with Crippen LogP contribution in [-0.4, -0.2) is 4.57 Å². The third-order valence-electron chi connectivity index (χ3n) is 11.5. The molecule has 0 atom stereocenters. The van der Waals surface area contributed by atoms with Gasteiger partial charge in [-0.3, -0.25) is 0 Å². The summed E-state index contributed by atoms with van der Waals surface area (Å²) in [5.74, 6) is 0. The minimum atomic E-state index is 0.861. The number of aromatic nitrogens is 1. The van der Waals surface area contributed by atoms with E-state index in [2.05, 4.69) is 229 Å². The third-order valence-corrected chi connectivity index (χ3v) is 11.5. The lowest BCUT2D eigenvalue weighted by atomic mass is 9.95. The van der Waals surface area contributed by atoms with Gasteiger partial charge in [0.1, 0.15) is 11.2 Å². The summed E-state index contributed by atoms with van der Waals surface area (Å²) in [6.07, 6.45) is 0. The molecule has 11 aromatic rings. The first kappa shape index (κ1) is 33.7. The molecule has 0 amide bonds. The lowest BCUT2D eigenvalue weighted by molar-refractivity contribution is 0.670. The van der Waals surface area contributed by atoms with E-state index in [1.807, 2.05) is 0 Å². The average molecular weight is 743 g/mol. The number of rotatable bonds is 7. The number of hydrogen-bond acceptors (Lipinski definition) is 2. The second-order valence-corrected chi connectivity index (χ2v) is 15.0. The minimum Gasteiger partial charge on any atom is -0.455 e. The van der Waals surface area contributed by atoms with Crippen LogP contribution >= 0.6 is 0 Å². The number of furan rings is 1. The number of aryl methyl sites for hydroxylation is 1. The van der Waals surface area contributed by atoms with Crippen molar-refractivity contribution in [2.75, 3.05) is 4.90 Å². The van der Waals surface area contributed by atoms with Crippen molar-refractivity contribution in [3.05, 3.63) is 218 Å². The predicted molar refractivity (Wildman–Crippen MR) is 244 cm³/mol. The van der Waals surface area contributed by atoms with Crippen LogP contribution in [0.25, 0.3) is 82.8 Å². The molecule has 3 nitrogen and oxygen atoms in total. The molecule has 3 heteroatoms. The molecular formula is C55H38N2O. The van der Waals surface area contributed by atoms with Gasteiger partial charge in [0.05, 0.1) is 27.8 Å². The Hall–Kier alpha value is -7.62. The van der Waals surface area contributed by atoms with Gasteiger partial charge in [-0.05, 0) is 101 Å². The van der Waals surface area contributed by atoms with Crippen LogP contribution in [0, 0.1) is 6.92 Å². The van der Waals surface area contributed by atoms with Crippen molar-refractivity contribution in [2.24, 2.45) is 0 Å². The topological polar surface area (TPSA) is 21.3 Å². The quantitative estimate of drug-likeness (QED) is 0.162. The van der Waals surface area contributed by atoms with Crippen molar-refractivity contribution in [1.29, 1.82) is 0 Å². The SMILES string of the molecule is Cc1cccc(N(c2ccc(-c3ccccc3)cc2-c2ccccc2)c2ccc(-c3ccc(-n4c5ccccc5c5ccccc54)cc3)c3oc4ccccc4c23)c1. The van der Waals surface area contributed by atoms with Crippen molar-refractivity contribution in [3.8, 4) is 39.1 Å². The van der Waals surface area contributed by atoms with Crippen LogP contribution < -0.4 is 4.90 Å². The molecule has 9 aromatic carbocycles. The lowest BCUT2D eigenvalue weighted by Crippen LogP contribution is -2.12. The largest absolute Gasteiger partial charge is 0.455 e. The summed E-state index contributed by atoms with van der Waals surface area (Å²) >= 11 is 0. The van der Waals surface area contributed by atoms with Gasteiger partial charge in [-0.15, -0.1) is 0 Å². The Kier molecular flexibility index (Phi) is 8.04. The molecular weight excluding hydrogens is 705 g/mol. The molecule has 0 spiro atoms. The highest BCUT2D eigenvalue weighted by Crippen LogP contribution is 2.49. The molecule has 0 unspecified atom stereocenters. The molecule has 0 aliphatic carbocycles. The Labute approximate surface area is 337 Å². The van der Waals surface area contributed by atoms with Crippen LogP contribution in [0.4, 0.5) is 17.1 Å². The first-order chi connectivity index (χ1) is 28.7. The number of benzene rings is 9. The maximum Gasteiger partial charge on any atom is 0.145 e. The Morgan fingerprint density at radius 1 is 0.414 bits per heavy atom. The molecule has 0 aliphatic rings. The van der Waals surface area contributed by atoms with Crippen LogP contribution in [0.3, 0.4) is 0 Å². The number of hydrogen-bond donors (Lipinski definition) is 0. The zero-order chi connectivity index (χ0) is 38.6. The molecule has 0 saturated heterocycles. The fourth-order valence-electron chi connectivity index (χ4n) is 8.78. The fraction of sp³-hybridized carbons (Fsp3) is 0.0182. The summed E-state index contributed by atoms with van der Waals surface area (Å²) in [6.45, 7) is 2.16. The summed E-state index contributed by atoms with van der Waals surface area (Å²) < 4.78 is 9.26. The van der Waals surface area contributed by atoms with Gasteiger partial charge in [-0.25, -0.2) is 0 Å². The minimum absolute atomic E-state index is 0.861. The predicted octanol–water partition coefficient (Wildman–Crippen LogP) is 15.5. The summed E-state index contributed by atoms with van der Waals surface area (Å²) in [5, 5.41) is 4.67. The second kappa shape index (κ2) is 13.8. The van der Waals surface area contributed by atoms with E-state index >= 15 is 0 Å². The highest BCUT2D eigenvalue weighted by Gasteiger charge is 2.25. The number of para-hydroxylation sites is 3. The van der Waals surface area contributed by atoms with Crippen molar-refractivity contribution in [2.45, 2.75) is 6.92 Å². The van der Waals surface area contributed by atoms with E-state index in [1.165, 1.54) is 38.5 Å². The lowest BCUT2D eigenvalue weighted by Gasteiger charge is -2.29. The highest BCUT2D eigenvalue weighted by molar-refractivity contribution is 6.17. The van der Waals surface area contributed by atoms with E-state index in [0.717, 1.165) is 66.9 Å². The van der Waals surface area contributed by atoms with Crippen LogP contribution in [0.15, 0.2) is 217 Å². The molecule has 2 heterocycles. The second-order valence-electron chi connectivity index (χ2n) is 15.0. The molecule has 0 bridgehead atoms. The van der Waals surface area contributed by atoms with E-state index in [-0.39, 0.29) is 0 Å². The molecule has 11 rings (SSSR count). The first-order valence-corrected chi connectivity index (χ1v) is 19.8. The van der Waals surface area contributed by atoms with Crippen LogP contribution in [-0.2, 0) is 0 Å². The highest BCUT2D eigenvalue weighted by atomic mass is 16.3. The van der Waals surface area contributed by atoms with Crippen LogP contribution in [0.1, 0.15) is 5.56 Å². The Morgan fingerprint density at radius 3 is 1.71 bits per heavy atom. The Bertz CT molecular complexity index is 3230. The molecule has 0 aliphatic heterocycles. The number of nitrogens with zero attached hydrogens (tertiary/aromatic N) is 2.